The third kappa shape index (κ3) is 3.40. The number of rotatable bonds is 3. The number of fused-ring (bicyclic) bond motifs is 1. The molecule has 1 aliphatic rings. The van der Waals surface area contributed by atoms with Gasteiger partial charge in [-0.05, 0) is 42.8 Å². The van der Waals surface area contributed by atoms with Gasteiger partial charge in [0, 0.05) is 9.79 Å². The maximum absolute atomic E-state index is 4.80. The van der Waals surface area contributed by atoms with E-state index >= 15 is 0 Å². The number of thioether (sulfide) groups is 1. The molecule has 3 aromatic rings. The normalized spacial score (nSPS) is 13.3. The highest BCUT2D eigenvalue weighted by Gasteiger charge is 2.15. The van der Waals surface area contributed by atoms with Gasteiger partial charge in [-0.3, -0.25) is 4.99 Å². The molecule has 0 radical (unpaired) electrons. The molecule has 0 amide bonds. The van der Waals surface area contributed by atoms with E-state index < -0.39 is 0 Å². The summed E-state index contributed by atoms with van der Waals surface area (Å²) in [4.78, 5) is 12.0. The second kappa shape index (κ2) is 6.83. The standard InChI is InChI=1S/C20H16N2S2/c1-14-9-11-16(12-10-14)23-19-8-4-6-17(22-19)20-21-13-15-5-2-3-7-18(15)24-20/h2-12H,13H2,1H3. The van der Waals surface area contributed by atoms with Crippen LogP contribution in [-0.4, -0.2) is 10.0 Å². The molecule has 1 aliphatic heterocycles. The zero-order chi connectivity index (χ0) is 16.4. The van der Waals surface area contributed by atoms with Gasteiger partial charge < -0.3 is 0 Å². The topological polar surface area (TPSA) is 25.2 Å². The van der Waals surface area contributed by atoms with E-state index in [9.17, 15) is 0 Å². The summed E-state index contributed by atoms with van der Waals surface area (Å²) in [7, 11) is 0. The van der Waals surface area contributed by atoms with Crippen molar-refractivity contribution in [1.82, 2.24) is 4.98 Å². The molecule has 0 fully saturated rings. The summed E-state index contributed by atoms with van der Waals surface area (Å²) in [5.74, 6) is 0. The quantitative estimate of drug-likeness (QED) is 0.616. The first-order chi connectivity index (χ1) is 11.8. The van der Waals surface area contributed by atoms with Crippen molar-refractivity contribution in [2.75, 3.05) is 0 Å². The van der Waals surface area contributed by atoms with Crippen molar-refractivity contribution in [3.63, 3.8) is 0 Å². The largest absolute Gasteiger partial charge is 0.271 e. The molecule has 1 aromatic heterocycles. The van der Waals surface area contributed by atoms with E-state index in [1.807, 2.05) is 6.07 Å². The smallest absolute Gasteiger partial charge is 0.121 e. The van der Waals surface area contributed by atoms with Crippen molar-refractivity contribution in [3.05, 3.63) is 83.6 Å². The van der Waals surface area contributed by atoms with E-state index in [1.54, 1.807) is 23.5 Å². The number of pyridine rings is 1. The van der Waals surface area contributed by atoms with Gasteiger partial charge in [-0.2, -0.15) is 0 Å². The second-order valence-corrected chi connectivity index (χ2v) is 7.73. The van der Waals surface area contributed by atoms with Gasteiger partial charge in [-0.1, -0.05) is 65.5 Å². The highest BCUT2D eigenvalue weighted by Crippen LogP contribution is 2.32. The van der Waals surface area contributed by atoms with Crippen LogP contribution in [0.3, 0.4) is 0 Å². The zero-order valence-electron chi connectivity index (χ0n) is 13.3. The number of hydrogen-bond donors (Lipinski definition) is 0. The summed E-state index contributed by atoms with van der Waals surface area (Å²) in [6, 6.07) is 23.1. The van der Waals surface area contributed by atoms with E-state index in [4.69, 9.17) is 9.98 Å². The summed E-state index contributed by atoms with van der Waals surface area (Å²) < 4.78 is 0. The Bertz CT molecular complexity index is 902. The Balaban J connectivity index is 1.57. The average molecular weight is 348 g/mol. The molecule has 0 unspecified atom stereocenters. The molecule has 0 saturated heterocycles. The van der Waals surface area contributed by atoms with Crippen molar-refractivity contribution in [3.8, 4) is 0 Å². The predicted octanol–water partition coefficient (Wildman–Crippen LogP) is 5.59. The van der Waals surface area contributed by atoms with Crippen molar-refractivity contribution in [2.45, 2.75) is 28.3 Å². The molecular formula is C20H16N2S2. The molecule has 24 heavy (non-hydrogen) atoms. The summed E-state index contributed by atoms with van der Waals surface area (Å²) in [6.45, 7) is 2.83. The van der Waals surface area contributed by atoms with Gasteiger partial charge in [0.1, 0.15) is 10.1 Å². The molecule has 2 heterocycles. The molecule has 4 rings (SSSR count). The van der Waals surface area contributed by atoms with Crippen LogP contribution in [0.15, 0.2) is 86.5 Å². The lowest BCUT2D eigenvalue weighted by Crippen LogP contribution is -2.05. The molecule has 0 N–H and O–H groups in total. The van der Waals surface area contributed by atoms with Gasteiger partial charge in [0.15, 0.2) is 0 Å². The first-order valence-corrected chi connectivity index (χ1v) is 9.43. The van der Waals surface area contributed by atoms with Crippen molar-refractivity contribution < 1.29 is 0 Å². The number of nitrogens with zero attached hydrogens (tertiary/aromatic N) is 2. The summed E-state index contributed by atoms with van der Waals surface area (Å²) >= 11 is 3.39. The molecule has 4 heteroatoms. The van der Waals surface area contributed by atoms with Crippen molar-refractivity contribution in [2.24, 2.45) is 4.99 Å². The SMILES string of the molecule is Cc1ccc(Sc2cccc(C3=NCc4ccccc4S3)n2)cc1. The van der Waals surface area contributed by atoms with E-state index in [1.165, 1.54) is 20.9 Å². The number of aromatic nitrogens is 1. The average Bonchev–Trinajstić information content (AvgIpc) is 2.63. The lowest BCUT2D eigenvalue weighted by atomic mass is 10.2. The summed E-state index contributed by atoms with van der Waals surface area (Å²) in [6.07, 6.45) is 0. The molecule has 118 valence electrons. The van der Waals surface area contributed by atoms with Crippen LogP contribution >= 0.6 is 23.5 Å². The minimum Gasteiger partial charge on any atom is -0.271 e. The highest BCUT2D eigenvalue weighted by atomic mass is 32.2. The molecular weight excluding hydrogens is 332 g/mol. The fourth-order valence-electron chi connectivity index (χ4n) is 2.48. The van der Waals surface area contributed by atoms with Crippen LogP contribution in [0.25, 0.3) is 0 Å². The van der Waals surface area contributed by atoms with Crippen LogP contribution in [0.4, 0.5) is 0 Å². The third-order valence-corrected chi connectivity index (χ3v) is 5.85. The lowest BCUT2D eigenvalue weighted by molar-refractivity contribution is 1.01. The first-order valence-electron chi connectivity index (χ1n) is 7.80. The van der Waals surface area contributed by atoms with Crippen LogP contribution in [-0.2, 0) is 6.54 Å². The minimum absolute atomic E-state index is 0.732. The summed E-state index contributed by atoms with van der Waals surface area (Å²) in [5, 5.41) is 2.00. The van der Waals surface area contributed by atoms with Gasteiger partial charge >= 0.3 is 0 Å². The minimum atomic E-state index is 0.732. The monoisotopic (exact) mass is 348 g/mol. The number of benzene rings is 2. The van der Waals surface area contributed by atoms with Gasteiger partial charge in [0.25, 0.3) is 0 Å². The number of hydrogen-bond acceptors (Lipinski definition) is 4. The molecule has 2 aromatic carbocycles. The third-order valence-electron chi connectivity index (χ3n) is 3.76. The van der Waals surface area contributed by atoms with E-state index in [0.717, 1.165) is 22.3 Å². The molecule has 0 saturated carbocycles. The van der Waals surface area contributed by atoms with Crippen LogP contribution < -0.4 is 0 Å². The van der Waals surface area contributed by atoms with Crippen LogP contribution in [0.2, 0.25) is 0 Å². The molecule has 0 atom stereocenters. The lowest BCUT2D eigenvalue weighted by Gasteiger charge is -2.15. The first kappa shape index (κ1) is 15.5. The van der Waals surface area contributed by atoms with Crippen LogP contribution in [0.5, 0.6) is 0 Å². The Morgan fingerprint density at radius 1 is 0.917 bits per heavy atom. The number of aryl methyl sites for hydroxylation is 1. The van der Waals surface area contributed by atoms with Crippen molar-refractivity contribution >= 4 is 28.6 Å². The van der Waals surface area contributed by atoms with Gasteiger partial charge in [-0.15, -0.1) is 0 Å². The van der Waals surface area contributed by atoms with Gasteiger partial charge in [0.05, 0.1) is 12.2 Å². The van der Waals surface area contributed by atoms with Crippen molar-refractivity contribution in [1.29, 1.82) is 0 Å². The fraction of sp³-hybridized carbons (Fsp3) is 0.100. The number of aliphatic imine (C=N–C) groups is 1. The Morgan fingerprint density at radius 2 is 1.75 bits per heavy atom. The maximum atomic E-state index is 4.80. The Kier molecular flexibility index (Phi) is 4.41. The Morgan fingerprint density at radius 3 is 2.62 bits per heavy atom. The van der Waals surface area contributed by atoms with E-state index in [-0.39, 0.29) is 0 Å². The predicted molar refractivity (Wildman–Crippen MR) is 102 cm³/mol. The Hall–Kier alpha value is -2.04. The molecule has 0 spiro atoms. The molecule has 0 aliphatic carbocycles. The van der Waals surface area contributed by atoms with Gasteiger partial charge in [0.2, 0.25) is 0 Å². The van der Waals surface area contributed by atoms with Crippen LogP contribution in [0, 0.1) is 6.92 Å². The maximum Gasteiger partial charge on any atom is 0.121 e. The Labute approximate surface area is 150 Å². The molecule has 0 bridgehead atoms. The zero-order valence-corrected chi connectivity index (χ0v) is 14.9. The highest BCUT2D eigenvalue weighted by molar-refractivity contribution is 8.14. The van der Waals surface area contributed by atoms with E-state index in [2.05, 4.69) is 67.6 Å². The van der Waals surface area contributed by atoms with Gasteiger partial charge in [-0.25, -0.2) is 4.98 Å². The fourth-order valence-corrected chi connectivity index (χ4v) is 4.25. The van der Waals surface area contributed by atoms with Crippen LogP contribution in [0.1, 0.15) is 16.8 Å². The summed E-state index contributed by atoms with van der Waals surface area (Å²) in [5.41, 5.74) is 3.51. The molecule has 2 nitrogen and oxygen atoms in total. The van der Waals surface area contributed by atoms with E-state index in [0.29, 0.717) is 0 Å². The second-order valence-electron chi connectivity index (χ2n) is 5.61.